The van der Waals surface area contributed by atoms with Gasteiger partial charge in [-0.15, -0.1) is 21.5 Å². The summed E-state index contributed by atoms with van der Waals surface area (Å²) in [6, 6.07) is 7.17. The number of urea groups is 1. The third kappa shape index (κ3) is 5.52. The molecule has 0 fully saturated rings. The highest BCUT2D eigenvalue weighted by atomic mass is 32.1. The molecule has 0 saturated heterocycles. The third-order valence-corrected chi connectivity index (χ3v) is 4.13. The quantitative estimate of drug-likeness (QED) is 0.814. The van der Waals surface area contributed by atoms with Crippen molar-refractivity contribution in [1.29, 1.82) is 0 Å². The normalized spacial score (nSPS) is 11.8. The fourth-order valence-electron chi connectivity index (χ4n) is 1.86. The molecular weight excluding hydrogens is 312 g/mol. The van der Waals surface area contributed by atoms with Crippen molar-refractivity contribution >= 4 is 23.1 Å². The summed E-state index contributed by atoms with van der Waals surface area (Å²) in [7, 11) is 0. The molecule has 1 atom stereocenters. The van der Waals surface area contributed by atoms with Crippen LogP contribution in [0, 0.1) is 6.92 Å². The highest BCUT2D eigenvalue weighted by molar-refractivity contribution is 7.11. The fourth-order valence-corrected chi connectivity index (χ4v) is 2.57. The Labute approximate surface area is 140 Å². The average Bonchev–Trinajstić information content (AvgIpc) is 2.94. The van der Waals surface area contributed by atoms with Crippen LogP contribution in [0.15, 0.2) is 24.3 Å². The molecule has 0 aliphatic heterocycles. The standard InChI is InChI=1S/C16H22N4O2S/c1-4-11(2)22-14-8-6-5-7-13(14)18-16(21)17-10-9-15-20-19-12(3)23-15/h5-8,11H,4,9-10H2,1-3H3,(H2,17,18,21). The molecule has 1 heterocycles. The number of aromatic nitrogens is 2. The lowest BCUT2D eigenvalue weighted by Gasteiger charge is -2.16. The van der Waals surface area contributed by atoms with Gasteiger partial charge in [0.05, 0.1) is 11.8 Å². The first kappa shape index (κ1) is 17.2. The van der Waals surface area contributed by atoms with Crippen LogP contribution >= 0.6 is 11.3 Å². The van der Waals surface area contributed by atoms with Gasteiger partial charge in [0.2, 0.25) is 0 Å². The smallest absolute Gasteiger partial charge is 0.319 e. The summed E-state index contributed by atoms with van der Waals surface area (Å²) >= 11 is 1.54. The van der Waals surface area contributed by atoms with Crippen LogP contribution in [0.1, 0.15) is 30.3 Å². The highest BCUT2D eigenvalue weighted by Crippen LogP contribution is 2.25. The maximum Gasteiger partial charge on any atom is 0.319 e. The highest BCUT2D eigenvalue weighted by Gasteiger charge is 2.09. The van der Waals surface area contributed by atoms with Crippen LogP contribution in [0.2, 0.25) is 0 Å². The van der Waals surface area contributed by atoms with Crippen molar-refractivity contribution in [2.24, 2.45) is 0 Å². The molecule has 23 heavy (non-hydrogen) atoms. The Morgan fingerprint density at radius 2 is 2.13 bits per heavy atom. The maximum atomic E-state index is 12.0. The molecule has 2 amide bonds. The van der Waals surface area contributed by atoms with Gasteiger partial charge in [0, 0.05) is 13.0 Å². The molecule has 2 aromatic rings. The summed E-state index contributed by atoms with van der Waals surface area (Å²) in [5.74, 6) is 0.678. The number of benzene rings is 1. The predicted octanol–water partition coefficient (Wildman–Crippen LogP) is 3.39. The molecule has 1 aromatic heterocycles. The Morgan fingerprint density at radius 1 is 1.35 bits per heavy atom. The number of anilines is 1. The van der Waals surface area contributed by atoms with E-state index in [2.05, 4.69) is 27.8 Å². The Morgan fingerprint density at radius 3 is 2.83 bits per heavy atom. The number of rotatable bonds is 7. The van der Waals surface area contributed by atoms with Crippen molar-refractivity contribution < 1.29 is 9.53 Å². The first-order valence-electron chi connectivity index (χ1n) is 7.68. The van der Waals surface area contributed by atoms with Crippen molar-refractivity contribution in [3.05, 3.63) is 34.3 Å². The number of para-hydroxylation sites is 2. The zero-order valence-electron chi connectivity index (χ0n) is 13.6. The molecule has 0 bridgehead atoms. The van der Waals surface area contributed by atoms with Gasteiger partial charge in [-0.2, -0.15) is 0 Å². The molecule has 0 aliphatic rings. The van der Waals surface area contributed by atoms with E-state index in [0.717, 1.165) is 16.4 Å². The first-order chi connectivity index (χ1) is 11.1. The molecule has 0 aliphatic carbocycles. The topological polar surface area (TPSA) is 76.1 Å². The molecule has 1 aromatic carbocycles. The summed E-state index contributed by atoms with van der Waals surface area (Å²) in [5, 5.41) is 15.5. The Bertz CT molecular complexity index is 645. The second-order valence-electron chi connectivity index (χ2n) is 5.18. The number of hydrogen-bond donors (Lipinski definition) is 2. The number of nitrogens with one attached hydrogen (secondary N) is 2. The summed E-state index contributed by atoms with van der Waals surface area (Å²) in [6.45, 7) is 6.48. The van der Waals surface area contributed by atoms with Gasteiger partial charge in [0.1, 0.15) is 15.8 Å². The van der Waals surface area contributed by atoms with Crippen LogP contribution in [0.3, 0.4) is 0 Å². The molecule has 0 saturated carbocycles. The molecule has 124 valence electrons. The zero-order chi connectivity index (χ0) is 16.7. The maximum absolute atomic E-state index is 12.0. The van der Waals surface area contributed by atoms with Gasteiger partial charge in [-0.3, -0.25) is 0 Å². The second kappa shape index (κ2) is 8.47. The van der Waals surface area contributed by atoms with Crippen LogP contribution in [0.4, 0.5) is 10.5 Å². The number of aryl methyl sites for hydroxylation is 1. The molecule has 2 N–H and O–H groups in total. The Kier molecular flexibility index (Phi) is 6.34. The summed E-state index contributed by atoms with van der Waals surface area (Å²) in [5.41, 5.74) is 0.664. The van der Waals surface area contributed by atoms with Crippen molar-refractivity contribution in [2.75, 3.05) is 11.9 Å². The molecule has 6 nitrogen and oxygen atoms in total. The summed E-state index contributed by atoms with van der Waals surface area (Å²) in [4.78, 5) is 12.0. The molecule has 0 radical (unpaired) electrons. The number of hydrogen-bond acceptors (Lipinski definition) is 5. The minimum atomic E-state index is -0.258. The monoisotopic (exact) mass is 334 g/mol. The van der Waals surface area contributed by atoms with E-state index in [9.17, 15) is 4.79 Å². The van der Waals surface area contributed by atoms with E-state index in [1.807, 2.05) is 38.1 Å². The number of ether oxygens (including phenoxy) is 1. The first-order valence-corrected chi connectivity index (χ1v) is 8.49. The van der Waals surface area contributed by atoms with Gasteiger partial charge in [-0.25, -0.2) is 4.79 Å². The van der Waals surface area contributed by atoms with Gasteiger partial charge in [0.25, 0.3) is 0 Å². The largest absolute Gasteiger partial charge is 0.489 e. The molecule has 1 unspecified atom stereocenters. The van der Waals surface area contributed by atoms with E-state index in [0.29, 0.717) is 24.4 Å². The van der Waals surface area contributed by atoms with E-state index >= 15 is 0 Å². The van der Waals surface area contributed by atoms with E-state index in [-0.39, 0.29) is 12.1 Å². The van der Waals surface area contributed by atoms with E-state index in [1.165, 1.54) is 0 Å². The minimum absolute atomic E-state index is 0.0988. The molecule has 7 heteroatoms. The Balaban J connectivity index is 1.85. The van der Waals surface area contributed by atoms with Crippen LogP contribution < -0.4 is 15.4 Å². The van der Waals surface area contributed by atoms with Gasteiger partial charge >= 0.3 is 6.03 Å². The number of carbonyl (C=O) groups is 1. The lowest BCUT2D eigenvalue weighted by molar-refractivity contribution is 0.218. The van der Waals surface area contributed by atoms with Crippen LogP contribution in [-0.2, 0) is 6.42 Å². The third-order valence-electron chi connectivity index (χ3n) is 3.23. The van der Waals surface area contributed by atoms with Gasteiger partial charge < -0.3 is 15.4 Å². The Hall–Kier alpha value is -2.15. The van der Waals surface area contributed by atoms with Gasteiger partial charge in [-0.1, -0.05) is 19.1 Å². The zero-order valence-corrected chi connectivity index (χ0v) is 14.4. The number of carbonyl (C=O) groups excluding carboxylic acids is 1. The molecular formula is C16H22N4O2S. The minimum Gasteiger partial charge on any atom is -0.489 e. The van der Waals surface area contributed by atoms with Crippen molar-refractivity contribution in [2.45, 2.75) is 39.7 Å². The SMILES string of the molecule is CCC(C)Oc1ccccc1NC(=O)NCCc1nnc(C)s1. The van der Waals surface area contributed by atoms with Crippen molar-refractivity contribution in [1.82, 2.24) is 15.5 Å². The van der Waals surface area contributed by atoms with E-state index in [1.54, 1.807) is 11.3 Å². The molecule has 0 spiro atoms. The average molecular weight is 334 g/mol. The second-order valence-corrected chi connectivity index (χ2v) is 6.44. The number of nitrogens with zero attached hydrogens (tertiary/aromatic N) is 2. The van der Waals surface area contributed by atoms with Crippen molar-refractivity contribution in [3.63, 3.8) is 0 Å². The van der Waals surface area contributed by atoms with Gasteiger partial charge in [0.15, 0.2) is 0 Å². The lowest BCUT2D eigenvalue weighted by atomic mass is 10.2. The van der Waals surface area contributed by atoms with E-state index < -0.39 is 0 Å². The van der Waals surface area contributed by atoms with Crippen LogP contribution in [-0.4, -0.2) is 28.9 Å². The van der Waals surface area contributed by atoms with Crippen LogP contribution in [0.5, 0.6) is 5.75 Å². The molecule has 2 rings (SSSR count). The number of amides is 2. The van der Waals surface area contributed by atoms with E-state index in [4.69, 9.17) is 4.74 Å². The summed E-state index contributed by atoms with van der Waals surface area (Å²) in [6.07, 6.45) is 1.67. The predicted molar refractivity (Wildman–Crippen MR) is 92.2 cm³/mol. The fraction of sp³-hybridized carbons (Fsp3) is 0.438. The van der Waals surface area contributed by atoms with Crippen LogP contribution in [0.25, 0.3) is 0 Å². The lowest BCUT2D eigenvalue weighted by Crippen LogP contribution is -2.30. The van der Waals surface area contributed by atoms with Crippen molar-refractivity contribution in [3.8, 4) is 5.75 Å². The van der Waals surface area contributed by atoms with Gasteiger partial charge in [-0.05, 0) is 32.4 Å². The summed E-state index contributed by atoms with van der Waals surface area (Å²) < 4.78 is 5.81.